The summed E-state index contributed by atoms with van der Waals surface area (Å²) in [4.78, 5) is 0. The first kappa shape index (κ1) is 20.5. The van der Waals surface area contributed by atoms with E-state index in [1.165, 1.54) is 12.0 Å². The Morgan fingerprint density at radius 2 is 1.88 bits per heavy atom. The second-order valence-corrected chi connectivity index (χ2v) is 11.4. The average Bonchev–Trinajstić information content (AvgIpc) is 2.57. The van der Waals surface area contributed by atoms with Crippen LogP contribution in [0.5, 0.6) is 5.75 Å². The number of hydrogen-bond acceptors (Lipinski definition) is 3. The van der Waals surface area contributed by atoms with Gasteiger partial charge in [-0.3, -0.25) is 0 Å². The van der Waals surface area contributed by atoms with Crippen molar-refractivity contribution in [1.29, 1.82) is 0 Å². The molecule has 2 rings (SSSR count). The standard InChI is InChI=1S/C21H35O3Si/c1-16(2)25(17(3)4)20-11-10-19(15-18(20)5)22-13-8-14-24-21-9-6-7-12-23-21/h10-11,15-17,21H,6-9,12-14H2,1-5H3. The van der Waals surface area contributed by atoms with Crippen molar-refractivity contribution in [1.82, 2.24) is 0 Å². The third-order valence-corrected chi connectivity index (χ3v) is 8.42. The van der Waals surface area contributed by atoms with Crippen molar-refractivity contribution >= 4 is 14.0 Å². The molecule has 0 N–H and O–H groups in total. The van der Waals surface area contributed by atoms with Crippen molar-refractivity contribution < 1.29 is 14.2 Å². The van der Waals surface area contributed by atoms with E-state index in [1.54, 1.807) is 5.19 Å². The number of rotatable bonds is 9. The molecule has 1 aliphatic rings. The molecule has 0 saturated carbocycles. The molecule has 4 heteroatoms. The van der Waals surface area contributed by atoms with Crippen LogP contribution in [0.4, 0.5) is 0 Å². The average molecular weight is 364 g/mol. The minimum atomic E-state index is -0.533. The zero-order valence-electron chi connectivity index (χ0n) is 16.6. The lowest BCUT2D eigenvalue weighted by Crippen LogP contribution is -2.37. The van der Waals surface area contributed by atoms with Crippen LogP contribution in [0.1, 0.15) is 58.9 Å². The van der Waals surface area contributed by atoms with E-state index in [1.807, 2.05) is 0 Å². The molecule has 25 heavy (non-hydrogen) atoms. The van der Waals surface area contributed by atoms with Gasteiger partial charge in [0.25, 0.3) is 0 Å². The molecule has 1 atom stereocenters. The third-order valence-electron chi connectivity index (χ3n) is 4.75. The lowest BCUT2D eigenvalue weighted by atomic mass is 10.2. The number of hydrogen-bond donors (Lipinski definition) is 0. The molecule has 1 unspecified atom stereocenters. The Morgan fingerprint density at radius 3 is 2.48 bits per heavy atom. The van der Waals surface area contributed by atoms with Crippen molar-refractivity contribution in [3.63, 3.8) is 0 Å². The quantitative estimate of drug-likeness (QED) is 0.464. The van der Waals surface area contributed by atoms with Crippen molar-refractivity contribution in [2.45, 2.75) is 77.7 Å². The SMILES string of the molecule is Cc1cc(OCCCOC2CCCCO2)ccc1[Si](C(C)C)C(C)C. The number of benzene rings is 1. The van der Waals surface area contributed by atoms with E-state index in [-0.39, 0.29) is 6.29 Å². The second-order valence-electron chi connectivity index (χ2n) is 7.61. The highest BCUT2D eigenvalue weighted by Gasteiger charge is 2.23. The van der Waals surface area contributed by atoms with Gasteiger partial charge < -0.3 is 14.2 Å². The molecular weight excluding hydrogens is 328 g/mol. The van der Waals surface area contributed by atoms with E-state index in [9.17, 15) is 0 Å². The van der Waals surface area contributed by atoms with Crippen molar-refractivity contribution in [2.75, 3.05) is 19.8 Å². The molecule has 1 aliphatic heterocycles. The second kappa shape index (κ2) is 10.3. The molecule has 141 valence electrons. The van der Waals surface area contributed by atoms with Crippen molar-refractivity contribution in [3.8, 4) is 5.75 Å². The molecule has 1 aromatic rings. The molecule has 1 fully saturated rings. The molecule has 1 heterocycles. The van der Waals surface area contributed by atoms with Crippen LogP contribution in [0.25, 0.3) is 0 Å². The minimum absolute atomic E-state index is 0.00270. The molecule has 0 aromatic heterocycles. The molecule has 0 bridgehead atoms. The minimum Gasteiger partial charge on any atom is -0.493 e. The van der Waals surface area contributed by atoms with Crippen LogP contribution in [0.15, 0.2) is 18.2 Å². The summed E-state index contributed by atoms with van der Waals surface area (Å²) < 4.78 is 17.2. The first-order chi connectivity index (χ1) is 12.0. The van der Waals surface area contributed by atoms with E-state index >= 15 is 0 Å². The van der Waals surface area contributed by atoms with Crippen LogP contribution in [0, 0.1) is 6.92 Å². The summed E-state index contributed by atoms with van der Waals surface area (Å²) in [5, 5.41) is 1.56. The summed E-state index contributed by atoms with van der Waals surface area (Å²) in [5.41, 5.74) is 2.87. The summed E-state index contributed by atoms with van der Waals surface area (Å²) in [6.45, 7) is 13.9. The smallest absolute Gasteiger partial charge is 0.157 e. The third kappa shape index (κ3) is 6.43. The van der Waals surface area contributed by atoms with Gasteiger partial charge in [-0.1, -0.05) is 38.9 Å². The van der Waals surface area contributed by atoms with E-state index in [2.05, 4.69) is 52.8 Å². The molecule has 1 aromatic carbocycles. The van der Waals surface area contributed by atoms with Gasteiger partial charge in [-0.15, -0.1) is 0 Å². The Morgan fingerprint density at radius 1 is 1.12 bits per heavy atom. The molecule has 3 nitrogen and oxygen atoms in total. The lowest BCUT2D eigenvalue weighted by Gasteiger charge is -2.25. The normalized spacial score (nSPS) is 18.3. The van der Waals surface area contributed by atoms with Gasteiger partial charge in [-0.05, 0) is 55.0 Å². The summed E-state index contributed by atoms with van der Waals surface area (Å²) >= 11 is 0. The van der Waals surface area contributed by atoms with Crippen LogP contribution in [-0.4, -0.2) is 34.9 Å². The van der Waals surface area contributed by atoms with Crippen molar-refractivity contribution in [2.24, 2.45) is 0 Å². The maximum absolute atomic E-state index is 5.92. The largest absolute Gasteiger partial charge is 0.493 e. The van der Waals surface area contributed by atoms with E-state index < -0.39 is 8.80 Å². The predicted octanol–water partition coefficient (Wildman–Crippen LogP) is 4.83. The number of ether oxygens (including phenoxy) is 3. The van der Waals surface area contributed by atoms with Gasteiger partial charge in [0.05, 0.1) is 22.0 Å². The molecule has 0 aliphatic carbocycles. The maximum atomic E-state index is 5.92. The van der Waals surface area contributed by atoms with Crippen molar-refractivity contribution in [3.05, 3.63) is 23.8 Å². The summed E-state index contributed by atoms with van der Waals surface area (Å²) in [6.07, 6.45) is 4.30. The van der Waals surface area contributed by atoms with Gasteiger partial charge in [-0.25, -0.2) is 0 Å². The Kier molecular flexibility index (Phi) is 8.47. The van der Waals surface area contributed by atoms with Gasteiger partial charge in [0, 0.05) is 13.0 Å². The molecule has 0 spiro atoms. The molecular formula is C21H35O3Si. The lowest BCUT2D eigenvalue weighted by molar-refractivity contribution is -0.163. The van der Waals surface area contributed by atoms with Crippen LogP contribution in [0.2, 0.25) is 11.1 Å². The number of aryl methyl sites for hydroxylation is 1. The topological polar surface area (TPSA) is 27.7 Å². The van der Waals surface area contributed by atoms with Crippen LogP contribution in [0.3, 0.4) is 0 Å². The van der Waals surface area contributed by atoms with E-state index in [0.717, 1.165) is 42.7 Å². The fourth-order valence-electron chi connectivity index (χ4n) is 3.64. The fourth-order valence-corrected chi connectivity index (χ4v) is 7.03. The van der Waals surface area contributed by atoms with Crippen LogP contribution in [-0.2, 0) is 9.47 Å². The molecule has 1 radical (unpaired) electrons. The summed E-state index contributed by atoms with van der Waals surface area (Å²) in [5.74, 6) is 0.976. The Hall–Kier alpha value is -0.843. The van der Waals surface area contributed by atoms with E-state index in [4.69, 9.17) is 14.2 Å². The zero-order chi connectivity index (χ0) is 18.2. The highest BCUT2D eigenvalue weighted by Crippen LogP contribution is 2.23. The van der Waals surface area contributed by atoms with Gasteiger partial charge in [0.1, 0.15) is 5.75 Å². The van der Waals surface area contributed by atoms with Gasteiger partial charge >= 0.3 is 0 Å². The van der Waals surface area contributed by atoms with Gasteiger partial charge in [0.15, 0.2) is 6.29 Å². The zero-order valence-corrected chi connectivity index (χ0v) is 17.6. The Bertz CT molecular complexity index is 502. The Balaban J connectivity index is 1.78. The monoisotopic (exact) mass is 363 g/mol. The highest BCUT2D eigenvalue weighted by molar-refractivity contribution is 6.76. The van der Waals surface area contributed by atoms with Crippen LogP contribution >= 0.6 is 0 Å². The van der Waals surface area contributed by atoms with E-state index in [0.29, 0.717) is 13.2 Å². The highest BCUT2D eigenvalue weighted by atomic mass is 28.3. The van der Waals surface area contributed by atoms with Crippen LogP contribution < -0.4 is 9.92 Å². The van der Waals surface area contributed by atoms with Gasteiger partial charge in [-0.2, -0.15) is 0 Å². The summed E-state index contributed by atoms with van der Waals surface area (Å²) in [6, 6.07) is 6.64. The first-order valence-corrected chi connectivity index (χ1v) is 11.5. The predicted molar refractivity (Wildman–Crippen MR) is 106 cm³/mol. The van der Waals surface area contributed by atoms with Gasteiger partial charge in [0.2, 0.25) is 0 Å². The first-order valence-electron chi connectivity index (χ1n) is 9.82. The molecule has 0 amide bonds. The molecule has 1 saturated heterocycles. The Labute approximate surface area is 155 Å². The fraction of sp³-hybridized carbons (Fsp3) is 0.714. The maximum Gasteiger partial charge on any atom is 0.157 e. The summed E-state index contributed by atoms with van der Waals surface area (Å²) in [7, 11) is -0.533.